The van der Waals surface area contributed by atoms with Gasteiger partial charge in [-0.3, -0.25) is 9.13 Å². The summed E-state index contributed by atoms with van der Waals surface area (Å²) in [5, 5.41) is 6.36. The first-order chi connectivity index (χ1) is 26.8. The second kappa shape index (κ2) is 11.0. The second-order valence-electron chi connectivity index (χ2n) is 13.5. The summed E-state index contributed by atoms with van der Waals surface area (Å²) in [6.07, 6.45) is 0. The van der Waals surface area contributed by atoms with E-state index in [0.717, 1.165) is 87.8 Å². The maximum Gasteiger partial charge on any atom is 0.307 e. The molecular weight excluding hydrogens is 669 g/mol. The first kappa shape index (κ1) is 29.0. The van der Waals surface area contributed by atoms with Gasteiger partial charge in [-0.2, -0.15) is 15.0 Å². The van der Waals surface area contributed by atoms with Crippen LogP contribution in [-0.2, 0) is 0 Å². The molecule has 252 valence electrons. The summed E-state index contributed by atoms with van der Waals surface area (Å²) in [5.74, 6) is 1.64. The van der Waals surface area contributed by atoms with Gasteiger partial charge in [0.2, 0.25) is 5.95 Å². The van der Waals surface area contributed by atoms with Crippen LogP contribution in [0.3, 0.4) is 0 Å². The molecule has 0 aliphatic heterocycles. The van der Waals surface area contributed by atoms with Crippen LogP contribution in [0, 0.1) is 0 Å². The highest BCUT2D eigenvalue weighted by atomic mass is 16.4. The van der Waals surface area contributed by atoms with Gasteiger partial charge in [0, 0.05) is 43.4 Å². The Balaban J connectivity index is 1.21. The predicted molar refractivity (Wildman–Crippen MR) is 214 cm³/mol. The van der Waals surface area contributed by atoms with Crippen molar-refractivity contribution in [1.29, 1.82) is 0 Å². The molecule has 0 atom stereocenters. The first-order valence-corrected chi connectivity index (χ1v) is 17.8. The van der Waals surface area contributed by atoms with Crippen LogP contribution in [0.5, 0.6) is 0 Å². The molecule has 0 N–H and O–H groups in total. The van der Waals surface area contributed by atoms with E-state index < -0.39 is 0 Å². The highest BCUT2D eigenvalue weighted by Gasteiger charge is 2.25. The van der Waals surface area contributed by atoms with Gasteiger partial charge in [0.25, 0.3) is 0 Å². The highest BCUT2D eigenvalue weighted by molar-refractivity contribution is 6.23. The number of para-hydroxylation sites is 5. The lowest BCUT2D eigenvalue weighted by molar-refractivity contribution is 0.574. The number of benzene rings is 7. The molecule has 12 rings (SSSR count). The summed E-state index contributed by atoms with van der Waals surface area (Å²) < 4.78 is 17.0. The van der Waals surface area contributed by atoms with Crippen molar-refractivity contribution in [2.45, 2.75) is 0 Å². The van der Waals surface area contributed by atoms with Gasteiger partial charge < -0.3 is 8.83 Å². The molecule has 0 fully saturated rings. The van der Waals surface area contributed by atoms with Crippen LogP contribution in [0.25, 0.3) is 111 Å². The average molecular weight is 695 g/mol. The Hall–Kier alpha value is -7.58. The molecule has 54 heavy (non-hydrogen) atoms. The molecule has 0 aliphatic carbocycles. The van der Waals surface area contributed by atoms with Crippen molar-refractivity contribution in [2.24, 2.45) is 0 Å². The lowest BCUT2D eigenvalue weighted by atomic mass is 10.1. The molecule has 12 aromatic rings. The van der Waals surface area contributed by atoms with E-state index in [-0.39, 0.29) is 0 Å². The van der Waals surface area contributed by atoms with E-state index in [9.17, 15) is 0 Å². The van der Waals surface area contributed by atoms with Crippen molar-refractivity contribution in [3.8, 4) is 34.7 Å². The van der Waals surface area contributed by atoms with Crippen molar-refractivity contribution in [3.63, 3.8) is 0 Å². The third kappa shape index (κ3) is 4.13. The van der Waals surface area contributed by atoms with Crippen LogP contribution >= 0.6 is 0 Å². The van der Waals surface area contributed by atoms with Crippen molar-refractivity contribution < 1.29 is 8.83 Å². The van der Waals surface area contributed by atoms with Crippen molar-refractivity contribution in [2.75, 3.05) is 0 Å². The van der Waals surface area contributed by atoms with E-state index in [4.69, 9.17) is 28.8 Å². The number of aromatic nitrogens is 6. The lowest BCUT2D eigenvalue weighted by Crippen LogP contribution is -2.07. The van der Waals surface area contributed by atoms with Gasteiger partial charge in [0.15, 0.2) is 17.2 Å². The van der Waals surface area contributed by atoms with Crippen molar-refractivity contribution >= 4 is 76.6 Å². The van der Waals surface area contributed by atoms with Crippen LogP contribution in [0.2, 0.25) is 0 Å². The third-order valence-electron chi connectivity index (χ3n) is 10.4. The van der Waals surface area contributed by atoms with Gasteiger partial charge in [-0.1, -0.05) is 109 Å². The lowest BCUT2D eigenvalue weighted by Gasteiger charge is -2.12. The maximum absolute atomic E-state index is 6.50. The zero-order chi connectivity index (χ0) is 35.3. The van der Waals surface area contributed by atoms with Gasteiger partial charge in [-0.05, 0) is 48.5 Å². The van der Waals surface area contributed by atoms with Crippen LogP contribution in [-0.4, -0.2) is 29.1 Å². The van der Waals surface area contributed by atoms with E-state index >= 15 is 0 Å². The van der Waals surface area contributed by atoms with Crippen LogP contribution in [0.4, 0.5) is 0 Å². The van der Waals surface area contributed by atoms with Gasteiger partial charge in [0.1, 0.15) is 16.7 Å². The summed E-state index contributed by atoms with van der Waals surface area (Å²) in [6.45, 7) is 0. The van der Waals surface area contributed by atoms with Crippen LogP contribution in [0.15, 0.2) is 167 Å². The Kier molecular flexibility index (Phi) is 5.90. The SMILES string of the molecule is c1ccc(-c2nc(-c3ccc4oc5ccccc5c4c3)nc(-n3c4ccccc4c4ccc5c6ccccc6n(-c6nc7ccccc7o6)c5c43)n2)cc1. The summed E-state index contributed by atoms with van der Waals surface area (Å²) in [6, 6.07) is 53.9. The molecule has 0 amide bonds. The molecule has 0 spiro atoms. The molecule has 0 aliphatic rings. The molecule has 0 saturated heterocycles. The van der Waals surface area contributed by atoms with E-state index in [2.05, 4.69) is 81.9 Å². The Morgan fingerprint density at radius 1 is 0.370 bits per heavy atom. The number of rotatable bonds is 4. The number of nitrogens with zero attached hydrogens (tertiary/aromatic N) is 6. The fraction of sp³-hybridized carbons (Fsp3) is 0. The molecule has 8 nitrogen and oxygen atoms in total. The molecule has 0 radical (unpaired) electrons. The molecule has 5 heterocycles. The molecule has 7 aromatic carbocycles. The normalized spacial score (nSPS) is 12.1. The maximum atomic E-state index is 6.50. The van der Waals surface area contributed by atoms with E-state index in [1.165, 1.54) is 0 Å². The third-order valence-corrected chi connectivity index (χ3v) is 10.4. The second-order valence-corrected chi connectivity index (χ2v) is 13.5. The average Bonchev–Trinajstić information content (AvgIpc) is 3.99. The zero-order valence-electron chi connectivity index (χ0n) is 28.5. The van der Waals surface area contributed by atoms with Crippen molar-refractivity contribution in [3.05, 3.63) is 158 Å². The van der Waals surface area contributed by atoms with Crippen LogP contribution in [0.1, 0.15) is 0 Å². The molecule has 0 saturated carbocycles. The Morgan fingerprint density at radius 2 is 0.963 bits per heavy atom. The summed E-state index contributed by atoms with van der Waals surface area (Å²) >= 11 is 0. The summed E-state index contributed by atoms with van der Waals surface area (Å²) in [4.78, 5) is 20.7. The molecule has 5 aromatic heterocycles. The number of hydrogen-bond donors (Lipinski definition) is 0. The van der Waals surface area contributed by atoms with E-state index in [1.54, 1.807) is 0 Å². The van der Waals surface area contributed by atoms with Gasteiger partial charge >= 0.3 is 6.01 Å². The highest BCUT2D eigenvalue weighted by Crippen LogP contribution is 2.42. The number of hydrogen-bond acceptors (Lipinski definition) is 6. The van der Waals surface area contributed by atoms with E-state index in [1.807, 2.05) is 84.9 Å². The Morgan fingerprint density at radius 3 is 1.72 bits per heavy atom. The quantitative estimate of drug-likeness (QED) is 0.182. The summed E-state index contributed by atoms with van der Waals surface area (Å²) in [7, 11) is 0. The molecule has 0 unspecified atom stereocenters. The smallest absolute Gasteiger partial charge is 0.307 e. The Bertz CT molecular complexity index is 3430. The van der Waals surface area contributed by atoms with E-state index in [0.29, 0.717) is 23.6 Å². The molecule has 0 bridgehead atoms. The first-order valence-electron chi connectivity index (χ1n) is 17.8. The minimum absolute atomic E-state index is 0.494. The van der Waals surface area contributed by atoms with Gasteiger partial charge in [-0.25, -0.2) is 4.98 Å². The fourth-order valence-corrected chi connectivity index (χ4v) is 8.04. The number of fused-ring (bicyclic) bond motifs is 11. The van der Waals surface area contributed by atoms with Gasteiger partial charge in [0.05, 0.1) is 22.1 Å². The fourth-order valence-electron chi connectivity index (χ4n) is 8.04. The van der Waals surface area contributed by atoms with Crippen molar-refractivity contribution in [1.82, 2.24) is 29.1 Å². The van der Waals surface area contributed by atoms with Gasteiger partial charge in [-0.15, -0.1) is 0 Å². The molecular formula is C46H26N6O2. The zero-order valence-corrected chi connectivity index (χ0v) is 28.5. The Labute approximate surface area is 306 Å². The minimum atomic E-state index is 0.494. The predicted octanol–water partition coefficient (Wildman–Crippen LogP) is 11.4. The topological polar surface area (TPSA) is 87.7 Å². The standard InChI is InChI=1S/C46H26N6O2/c1-2-12-27(13-3-1)43-48-44(28-22-25-39-34(26-28)31-16-6-10-20-38(31)53-39)50-45(49-43)51-36-18-8-4-14-29(36)32-23-24-33-30-15-5-9-19-37(30)52(42(33)41(32)51)46-47-35-17-7-11-21-40(35)54-46/h1-26H. The van der Waals surface area contributed by atoms with Crippen LogP contribution < -0.4 is 0 Å². The summed E-state index contributed by atoms with van der Waals surface area (Å²) in [5.41, 5.74) is 8.79. The molecule has 8 heteroatoms. The number of oxazole rings is 1. The monoisotopic (exact) mass is 694 g/mol. The largest absolute Gasteiger partial charge is 0.456 e. The minimum Gasteiger partial charge on any atom is -0.456 e. The number of furan rings is 1.